The van der Waals surface area contributed by atoms with Crippen molar-refractivity contribution in [2.75, 3.05) is 19.6 Å². The molecule has 0 aromatic carbocycles. The first kappa shape index (κ1) is 13.8. The van der Waals surface area contributed by atoms with Crippen LogP contribution in [0.15, 0.2) is 0 Å². The Balaban J connectivity index is 1.70. The van der Waals surface area contributed by atoms with Crippen LogP contribution >= 0.6 is 0 Å². The maximum Gasteiger partial charge on any atom is 0.223 e. The Kier molecular flexibility index (Phi) is 5.01. The van der Waals surface area contributed by atoms with Crippen LogP contribution in [-0.2, 0) is 4.79 Å². The van der Waals surface area contributed by atoms with Crippen LogP contribution in [0.2, 0.25) is 0 Å². The molecule has 1 aliphatic heterocycles. The van der Waals surface area contributed by atoms with E-state index in [1.807, 2.05) is 0 Å². The SMILES string of the molecule is CC(CNC(=O)C1CCCC(N)C1)N1CCCC1. The van der Waals surface area contributed by atoms with E-state index < -0.39 is 0 Å². The van der Waals surface area contributed by atoms with Gasteiger partial charge in [-0.3, -0.25) is 9.69 Å². The third-order valence-electron chi connectivity index (χ3n) is 4.42. The molecule has 3 N–H and O–H groups in total. The molecule has 2 aliphatic rings. The van der Waals surface area contributed by atoms with E-state index in [2.05, 4.69) is 17.1 Å². The number of hydrogen-bond acceptors (Lipinski definition) is 3. The monoisotopic (exact) mass is 253 g/mol. The minimum atomic E-state index is 0.152. The lowest BCUT2D eigenvalue weighted by Crippen LogP contribution is -2.44. The van der Waals surface area contributed by atoms with Crippen molar-refractivity contribution in [1.29, 1.82) is 0 Å². The van der Waals surface area contributed by atoms with Gasteiger partial charge in [-0.15, -0.1) is 0 Å². The summed E-state index contributed by atoms with van der Waals surface area (Å²) in [6, 6.07) is 0.694. The van der Waals surface area contributed by atoms with E-state index in [9.17, 15) is 4.79 Å². The fourth-order valence-electron chi connectivity index (χ4n) is 3.17. The average molecular weight is 253 g/mol. The van der Waals surface area contributed by atoms with Gasteiger partial charge in [0, 0.05) is 24.5 Å². The second-order valence-corrected chi connectivity index (χ2v) is 5.96. The van der Waals surface area contributed by atoms with Gasteiger partial charge in [0.05, 0.1) is 0 Å². The summed E-state index contributed by atoms with van der Waals surface area (Å²) in [6.45, 7) is 5.36. The zero-order valence-corrected chi connectivity index (χ0v) is 11.5. The van der Waals surface area contributed by atoms with Gasteiger partial charge >= 0.3 is 0 Å². The molecule has 1 heterocycles. The summed E-state index contributed by atoms with van der Waals surface area (Å²) < 4.78 is 0. The topological polar surface area (TPSA) is 58.4 Å². The largest absolute Gasteiger partial charge is 0.354 e. The summed E-state index contributed by atoms with van der Waals surface area (Å²) in [5, 5.41) is 3.11. The first-order valence-corrected chi connectivity index (χ1v) is 7.44. The molecular formula is C14H27N3O. The van der Waals surface area contributed by atoms with E-state index in [1.165, 1.54) is 25.9 Å². The van der Waals surface area contributed by atoms with Crippen LogP contribution in [0.1, 0.15) is 45.4 Å². The van der Waals surface area contributed by atoms with Crippen molar-refractivity contribution in [2.24, 2.45) is 11.7 Å². The molecule has 0 bridgehead atoms. The van der Waals surface area contributed by atoms with Crippen LogP contribution in [0, 0.1) is 5.92 Å². The van der Waals surface area contributed by atoms with Crippen LogP contribution in [0.3, 0.4) is 0 Å². The quantitative estimate of drug-likeness (QED) is 0.789. The van der Waals surface area contributed by atoms with Gasteiger partial charge in [-0.1, -0.05) is 6.42 Å². The molecule has 2 fully saturated rings. The number of hydrogen-bond donors (Lipinski definition) is 2. The molecule has 18 heavy (non-hydrogen) atoms. The molecule has 0 radical (unpaired) electrons. The van der Waals surface area contributed by atoms with E-state index in [0.717, 1.165) is 32.2 Å². The zero-order chi connectivity index (χ0) is 13.0. The van der Waals surface area contributed by atoms with Crippen molar-refractivity contribution in [3.05, 3.63) is 0 Å². The summed E-state index contributed by atoms with van der Waals surface area (Å²) in [5.74, 6) is 0.371. The Morgan fingerprint density at radius 1 is 1.33 bits per heavy atom. The van der Waals surface area contributed by atoms with Crippen molar-refractivity contribution in [2.45, 2.75) is 57.5 Å². The van der Waals surface area contributed by atoms with Crippen molar-refractivity contribution in [3.8, 4) is 0 Å². The van der Waals surface area contributed by atoms with Crippen LogP contribution < -0.4 is 11.1 Å². The molecule has 0 aromatic rings. The molecule has 0 spiro atoms. The minimum absolute atomic E-state index is 0.152. The maximum absolute atomic E-state index is 12.1. The average Bonchev–Trinajstić information content (AvgIpc) is 2.89. The summed E-state index contributed by atoms with van der Waals surface area (Å²) in [5.41, 5.74) is 5.93. The molecule has 4 heteroatoms. The van der Waals surface area contributed by atoms with Crippen LogP contribution in [0.4, 0.5) is 0 Å². The highest BCUT2D eigenvalue weighted by Crippen LogP contribution is 2.23. The molecule has 104 valence electrons. The fourth-order valence-corrected chi connectivity index (χ4v) is 3.17. The van der Waals surface area contributed by atoms with E-state index in [0.29, 0.717) is 6.04 Å². The molecular weight excluding hydrogens is 226 g/mol. The summed E-state index contributed by atoms with van der Waals surface area (Å²) in [7, 11) is 0. The third-order valence-corrected chi connectivity index (χ3v) is 4.42. The highest BCUT2D eigenvalue weighted by atomic mass is 16.1. The van der Waals surface area contributed by atoms with Gasteiger partial charge < -0.3 is 11.1 Å². The van der Waals surface area contributed by atoms with Gasteiger partial charge in [0.15, 0.2) is 0 Å². The molecule has 3 unspecified atom stereocenters. The Morgan fingerprint density at radius 3 is 2.72 bits per heavy atom. The summed E-state index contributed by atoms with van der Waals surface area (Å²) in [4.78, 5) is 14.5. The van der Waals surface area contributed by atoms with Gasteiger partial charge in [0.25, 0.3) is 0 Å². The number of rotatable bonds is 4. The second-order valence-electron chi connectivity index (χ2n) is 5.96. The van der Waals surface area contributed by atoms with Crippen molar-refractivity contribution in [3.63, 3.8) is 0 Å². The Bertz CT molecular complexity index is 276. The van der Waals surface area contributed by atoms with E-state index in [-0.39, 0.29) is 17.9 Å². The Morgan fingerprint density at radius 2 is 2.06 bits per heavy atom. The fraction of sp³-hybridized carbons (Fsp3) is 0.929. The minimum Gasteiger partial charge on any atom is -0.354 e. The predicted octanol–water partition coefficient (Wildman–Crippen LogP) is 1.10. The van der Waals surface area contributed by atoms with E-state index in [4.69, 9.17) is 5.73 Å². The first-order chi connectivity index (χ1) is 8.66. The van der Waals surface area contributed by atoms with Crippen LogP contribution in [0.25, 0.3) is 0 Å². The molecule has 1 amide bonds. The van der Waals surface area contributed by atoms with Gasteiger partial charge in [-0.25, -0.2) is 0 Å². The predicted molar refractivity (Wildman–Crippen MR) is 73.2 cm³/mol. The number of carbonyl (C=O) groups is 1. The van der Waals surface area contributed by atoms with Crippen LogP contribution in [0.5, 0.6) is 0 Å². The maximum atomic E-state index is 12.1. The lowest BCUT2D eigenvalue weighted by molar-refractivity contribution is -0.126. The summed E-state index contributed by atoms with van der Waals surface area (Å²) in [6.07, 6.45) is 6.65. The van der Waals surface area contributed by atoms with Gasteiger partial charge in [-0.2, -0.15) is 0 Å². The standard InChI is InChI=1S/C14H27N3O/c1-11(17-7-2-3-8-17)10-16-14(18)12-5-4-6-13(15)9-12/h11-13H,2-10,15H2,1H3,(H,16,18). The lowest BCUT2D eigenvalue weighted by atomic mass is 9.85. The normalized spacial score (nSPS) is 31.2. The number of nitrogens with one attached hydrogen (secondary N) is 1. The van der Waals surface area contributed by atoms with Gasteiger partial charge in [0.2, 0.25) is 5.91 Å². The summed E-state index contributed by atoms with van der Waals surface area (Å²) >= 11 is 0. The van der Waals surface area contributed by atoms with Gasteiger partial charge in [-0.05, 0) is 52.1 Å². The van der Waals surface area contributed by atoms with E-state index in [1.54, 1.807) is 0 Å². The second kappa shape index (κ2) is 6.53. The number of nitrogens with two attached hydrogens (primary N) is 1. The molecule has 4 nitrogen and oxygen atoms in total. The molecule has 1 saturated heterocycles. The van der Waals surface area contributed by atoms with Crippen molar-refractivity contribution >= 4 is 5.91 Å². The van der Waals surface area contributed by atoms with Crippen molar-refractivity contribution < 1.29 is 4.79 Å². The Hall–Kier alpha value is -0.610. The van der Waals surface area contributed by atoms with Gasteiger partial charge in [0.1, 0.15) is 0 Å². The number of nitrogens with zero attached hydrogens (tertiary/aromatic N) is 1. The zero-order valence-electron chi connectivity index (χ0n) is 11.5. The lowest BCUT2D eigenvalue weighted by Gasteiger charge is -2.28. The van der Waals surface area contributed by atoms with Crippen LogP contribution in [-0.4, -0.2) is 42.5 Å². The highest BCUT2D eigenvalue weighted by Gasteiger charge is 2.26. The first-order valence-electron chi connectivity index (χ1n) is 7.44. The number of carbonyl (C=O) groups excluding carboxylic acids is 1. The third kappa shape index (κ3) is 3.69. The molecule has 0 aromatic heterocycles. The number of likely N-dealkylation sites (tertiary alicyclic amines) is 1. The number of amides is 1. The van der Waals surface area contributed by atoms with E-state index >= 15 is 0 Å². The molecule has 1 saturated carbocycles. The molecule has 3 atom stereocenters. The van der Waals surface area contributed by atoms with Crippen molar-refractivity contribution in [1.82, 2.24) is 10.2 Å². The molecule has 2 rings (SSSR count). The highest BCUT2D eigenvalue weighted by molar-refractivity contribution is 5.78. The Labute approximate surface area is 110 Å². The smallest absolute Gasteiger partial charge is 0.223 e. The molecule has 1 aliphatic carbocycles.